The van der Waals surface area contributed by atoms with Crippen molar-refractivity contribution in [2.75, 3.05) is 13.1 Å². The summed E-state index contributed by atoms with van der Waals surface area (Å²) in [4.78, 5) is 26.8. The molecule has 3 amide bonds. The zero-order valence-electron chi connectivity index (χ0n) is 14.0. The highest BCUT2D eigenvalue weighted by atomic mass is 35.5. The van der Waals surface area contributed by atoms with Gasteiger partial charge in [0.05, 0.1) is 23.9 Å². The van der Waals surface area contributed by atoms with Crippen LogP contribution in [0.2, 0.25) is 5.02 Å². The normalized spacial score (nSPS) is 19.3. The number of urea groups is 1. The minimum absolute atomic E-state index is 0.0617. The molecule has 0 saturated heterocycles. The number of rotatable bonds is 4. The second-order valence-corrected chi connectivity index (χ2v) is 6.81. The maximum Gasteiger partial charge on any atom is 0.319 e. The third kappa shape index (κ3) is 3.06. The first-order chi connectivity index (χ1) is 12.6. The molecule has 2 aliphatic heterocycles. The van der Waals surface area contributed by atoms with E-state index in [0.717, 1.165) is 12.0 Å². The molecule has 0 saturated carbocycles. The van der Waals surface area contributed by atoms with Gasteiger partial charge >= 0.3 is 6.03 Å². The van der Waals surface area contributed by atoms with Crippen LogP contribution in [-0.2, 0) is 11.2 Å². The van der Waals surface area contributed by atoms with Crippen molar-refractivity contribution in [1.82, 2.24) is 15.5 Å². The quantitative estimate of drug-likeness (QED) is 0.872. The van der Waals surface area contributed by atoms with Crippen molar-refractivity contribution in [3.63, 3.8) is 0 Å². The molecule has 2 aromatic carbocycles. The average Bonchev–Trinajstić information content (AvgIpc) is 2.96. The predicted molar refractivity (Wildman–Crippen MR) is 99.6 cm³/mol. The third-order valence-electron chi connectivity index (χ3n) is 4.75. The number of nitrogens with zero attached hydrogens (tertiary/aromatic N) is 1. The van der Waals surface area contributed by atoms with Crippen molar-refractivity contribution in [3.8, 4) is 0 Å². The van der Waals surface area contributed by atoms with Crippen molar-refractivity contribution >= 4 is 23.5 Å². The molecule has 5 nitrogen and oxygen atoms in total. The van der Waals surface area contributed by atoms with Gasteiger partial charge in [0.1, 0.15) is 0 Å². The molecule has 26 heavy (non-hydrogen) atoms. The Bertz CT molecular complexity index is 895. The monoisotopic (exact) mass is 367 g/mol. The van der Waals surface area contributed by atoms with Crippen LogP contribution in [0.25, 0.3) is 0 Å². The van der Waals surface area contributed by atoms with Gasteiger partial charge in [-0.05, 0) is 23.6 Å². The summed E-state index contributed by atoms with van der Waals surface area (Å²) in [6.07, 6.45) is 0.769. The van der Waals surface area contributed by atoms with Gasteiger partial charge in [-0.25, -0.2) is 4.79 Å². The maximum absolute atomic E-state index is 13.0. The average molecular weight is 368 g/mol. The van der Waals surface area contributed by atoms with Crippen LogP contribution >= 0.6 is 11.6 Å². The van der Waals surface area contributed by atoms with Gasteiger partial charge in [0, 0.05) is 11.6 Å². The van der Waals surface area contributed by atoms with E-state index in [1.807, 2.05) is 48.5 Å². The van der Waals surface area contributed by atoms with Gasteiger partial charge in [-0.1, -0.05) is 60.1 Å². The second kappa shape index (κ2) is 6.84. The molecule has 2 N–H and O–H groups in total. The summed E-state index contributed by atoms with van der Waals surface area (Å²) < 4.78 is 0. The molecule has 132 valence electrons. The fraction of sp³-hybridized carbons (Fsp3) is 0.200. The van der Waals surface area contributed by atoms with E-state index in [4.69, 9.17) is 11.6 Å². The van der Waals surface area contributed by atoms with Crippen molar-refractivity contribution in [2.24, 2.45) is 0 Å². The molecule has 0 aliphatic carbocycles. The molecule has 0 fully saturated rings. The lowest BCUT2D eigenvalue weighted by molar-refractivity contribution is -0.125. The Morgan fingerprint density at radius 2 is 1.77 bits per heavy atom. The van der Waals surface area contributed by atoms with Crippen molar-refractivity contribution in [3.05, 3.63) is 82.0 Å². The minimum atomic E-state index is -0.526. The van der Waals surface area contributed by atoms with Crippen molar-refractivity contribution in [1.29, 1.82) is 0 Å². The molecule has 2 aromatic rings. The second-order valence-electron chi connectivity index (χ2n) is 6.41. The lowest BCUT2D eigenvalue weighted by atomic mass is 9.96. The third-order valence-corrected chi connectivity index (χ3v) is 5.09. The van der Waals surface area contributed by atoms with Crippen LogP contribution in [0.15, 0.2) is 65.9 Å². The highest BCUT2D eigenvalue weighted by Gasteiger charge is 2.40. The topological polar surface area (TPSA) is 61.4 Å². The molecule has 2 aliphatic rings. The van der Waals surface area contributed by atoms with Crippen LogP contribution in [0.1, 0.15) is 17.2 Å². The van der Waals surface area contributed by atoms with Gasteiger partial charge in [-0.2, -0.15) is 0 Å². The number of hydrogen-bond acceptors (Lipinski definition) is 2. The summed E-state index contributed by atoms with van der Waals surface area (Å²) in [5.74, 6) is -0.0617. The van der Waals surface area contributed by atoms with E-state index in [1.54, 1.807) is 11.0 Å². The Balaban J connectivity index is 1.57. The zero-order valence-corrected chi connectivity index (χ0v) is 14.8. The number of benzene rings is 2. The summed E-state index contributed by atoms with van der Waals surface area (Å²) >= 11 is 6.30. The Morgan fingerprint density at radius 3 is 2.54 bits per heavy atom. The van der Waals surface area contributed by atoms with E-state index >= 15 is 0 Å². The summed E-state index contributed by atoms with van der Waals surface area (Å²) in [6, 6.07) is 16.5. The maximum atomic E-state index is 13.0. The Kier molecular flexibility index (Phi) is 4.39. The summed E-state index contributed by atoms with van der Waals surface area (Å²) in [5.41, 5.74) is 3.15. The number of carbonyl (C=O) groups excluding carboxylic acids is 2. The molecule has 6 heteroatoms. The lowest BCUT2D eigenvalue weighted by Crippen LogP contribution is -2.44. The van der Waals surface area contributed by atoms with Crippen LogP contribution in [-0.4, -0.2) is 29.9 Å². The zero-order chi connectivity index (χ0) is 18.1. The van der Waals surface area contributed by atoms with Gasteiger partial charge in [-0.15, -0.1) is 0 Å². The number of halogens is 1. The highest BCUT2D eigenvalue weighted by molar-refractivity contribution is 6.31. The largest absolute Gasteiger partial charge is 0.333 e. The van der Waals surface area contributed by atoms with Gasteiger partial charge in [0.15, 0.2) is 0 Å². The summed E-state index contributed by atoms with van der Waals surface area (Å²) in [6.45, 7) is 1.01. The number of carbonyl (C=O) groups is 2. The molecule has 0 spiro atoms. The standard InChI is InChI=1S/C20H18ClN3O2/c21-15-9-5-4-8-14(15)18-17-16(22-20(26)23-18)12-24(19(17)25)11-10-13-6-2-1-3-7-13/h1-9,18H,10-12H2,(H2,22,23,26)/t18-/m1/s1. The lowest BCUT2D eigenvalue weighted by Gasteiger charge is -2.26. The molecule has 0 radical (unpaired) electrons. The van der Waals surface area contributed by atoms with Crippen LogP contribution in [0.5, 0.6) is 0 Å². The molecular weight excluding hydrogens is 350 g/mol. The number of amides is 3. The van der Waals surface area contributed by atoms with Crippen molar-refractivity contribution < 1.29 is 9.59 Å². The minimum Gasteiger partial charge on any atom is -0.333 e. The van der Waals surface area contributed by atoms with Gasteiger partial charge in [0.2, 0.25) is 0 Å². The molecule has 0 bridgehead atoms. The van der Waals surface area contributed by atoms with E-state index in [9.17, 15) is 9.59 Å². The van der Waals surface area contributed by atoms with E-state index in [0.29, 0.717) is 29.4 Å². The Hall–Kier alpha value is -2.79. The van der Waals surface area contributed by atoms with E-state index in [2.05, 4.69) is 10.6 Å². The first-order valence-electron chi connectivity index (χ1n) is 8.51. The Labute approximate surface area is 156 Å². The van der Waals surface area contributed by atoms with Gasteiger partial charge < -0.3 is 15.5 Å². The van der Waals surface area contributed by atoms with E-state index in [-0.39, 0.29) is 11.9 Å². The van der Waals surface area contributed by atoms with Gasteiger partial charge in [-0.3, -0.25) is 4.79 Å². The predicted octanol–water partition coefficient (Wildman–Crippen LogP) is 3.03. The molecule has 0 unspecified atom stereocenters. The van der Waals surface area contributed by atoms with E-state index < -0.39 is 6.04 Å². The number of hydrogen-bond donors (Lipinski definition) is 2. The fourth-order valence-electron chi connectivity index (χ4n) is 3.46. The fourth-order valence-corrected chi connectivity index (χ4v) is 3.70. The Morgan fingerprint density at radius 1 is 1.04 bits per heavy atom. The van der Waals surface area contributed by atoms with E-state index in [1.165, 1.54) is 5.56 Å². The first kappa shape index (κ1) is 16.7. The molecule has 0 aromatic heterocycles. The highest BCUT2D eigenvalue weighted by Crippen LogP contribution is 2.35. The van der Waals surface area contributed by atoms with Crippen LogP contribution in [0.3, 0.4) is 0 Å². The molecule has 1 atom stereocenters. The smallest absolute Gasteiger partial charge is 0.319 e. The van der Waals surface area contributed by atoms with Crippen LogP contribution in [0.4, 0.5) is 4.79 Å². The molecule has 2 heterocycles. The SMILES string of the molecule is O=C1NC2=C(C(=O)N(CCc3ccccc3)C2)[C@@H](c2ccccc2Cl)N1. The summed E-state index contributed by atoms with van der Waals surface area (Å²) in [7, 11) is 0. The van der Waals surface area contributed by atoms with Gasteiger partial charge in [0.25, 0.3) is 5.91 Å². The van der Waals surface area contributed by atoms with Crippen LogP contribution in [0, 0.1) is 0 Å². The summed E-state index contributed by atoms with van der Waals surface area (Å²) in [5, 5.41) is 6.14. The molecule has 4 rings (SSSR count). The molecular formula is C20H18ClN3O2. The van der Waals surface area contributed by atoms with Crippen molar-refractivity contribution in [2.45, 2.75) is 12.5 Å². The number of nitrogens with one attached hydrogen (secondary N) is 2. The first-order valence-corrected chi connectivity index (χ1v) is 8.89. The van der Waals surface area contributed by atoms with Crippen LogP contribution < -0.4 is 10.6 Å².